The van der Waals surface area contributed by atoms with Crippen LogP contribution in [0.25, 0.3) is 0 Å². The molecule has 2 aromatic rings. The van der Waals surface area contributed by atoms with E-state index in [-0.39, 0.29) is 0 Å². The monoisotopic (exact) mass is 268 g/mol. The van der Waals surface area contributed by atoms with Gasteiger partial charge in [0.05, 0.1) is 6.10 Å². The Morgan fingerprint density at radius 1 is 1.00 bits per heavy atom. The Morgan fingerprint density at radius 2 is 1.60 bits per heavy atom. The molecule has 2 aromatic carbocycles. The van der Waals surface area contributed by atoms with Crippen LogP contribution in [-0.2, 0) is 0 Å². The van der Waals surface area contributed by atoms with E-state index in [0.717, 1.165) is 40.8 Å². The normalized spacial score (nSPS) is 15.9. The zero-order valence-electron chi connectivity index (χ0n) is 12.0. The maximum absolute atomic E-state index is 10.6. The molecule has 1 atom stereocenters. The first-order chi connectivity index (χ1) is 9.65. The third kappa shape index (κ3) is 2.70. The van der Waals surface area contributed by atoms with Gasteiger partial charge in [0.2, 0.25) is 0 Å². The van der Waals surface area contributed by atoms with Gasteiger partial charge in [-0.3, -0.25) is 0 Å². The maximum Gasteiger partial charge on any atom is 0.119 e. The number of ether oxygens (including phenoxy) is 1. The van der Waals surface area contributed by atoms with Crippen molar-refractivity contribution in [1.29, 1.82) is 0 Å². The molecular formula is C18H20O2. The van der Waals surface area contributed by atoms with Crippen molar-refractivity contribution in [2.45, 2.75) is 38.9 Å². The number of aliphatic hydroxyl groups is 1. The molecule has 0 aromatic heterocycles. The van der Waals surface area contributed by atoms with Gasteiger partial charge in [0, 0.05) is 0 Å². The first-order valence-electron chi connectivity index (χ1n) is 7.16. The quantitative estimate of drug-likeness (QED) is 0.910. The lowest BCUT2D eigenvalue weighted by atomic mass is 9.93. The van der Waals surface area contributed by atoms with Gasteiger partial charge in [0.1, 0.15) is 11.9 Å². The molecule has 104 valence electrons. The predicted molar refractivity (Wildman–Crippen MR) is 80.1 cm³/mol. The molecular weight excluding hydrogens is 248 g/mol. The van der Waals surface area contributed by atoms with Crippen molar-refractivity contribution in [3.05, 3.63) is 64.7 Å². The number of rotatable bonds is 4. The lowest BCUT2D eigenvalue weighted by Crippen LogP contribution is -2.04. The number of hydrogen-bond acceptors (Lipinski definition) is 2. The van der Waals surface area contributed by atoms with Gasteiger partial charge in [0.25, 0.3) is 0 Å². The zero-order chi connectivity index (χ0) is 14.1. The summed E-state index contributed by atoms with van der Waals surface area (Å²) in [7, 11) is 0. The van der Waals surface area contributed by atoms with Crippen LogP contribution in [0, 0.1) is 13.8 Å². The number of aliphatic hydroxyl groups excluding tert-OH is 1. The summed E-state index contributed by atoms with van der Waals surface area (Å²) in [5.41, 5.74) is 4.15. The number of benzene rings is 2. The third-order valence-corrected chi connectivity index (χ3v) is 3.84. The fourth-order valence-electron chi connectivity index (χ4n) is 2.53. The second-order valence-corrected chi connectivity index (χ2v) is 5.59. The van der Waals surface area contributed by atoms with Crippen molar-refractivity contribution in [3.63, 3.8) is 0 Å². The van der Waals surface area contributed by atoms with E-state index in [1.54, 1.807) is 0 Å². The Labute approximate surface area is 120 Å². The molecule has 1 aliphatic carbocycles. The van der Waals surface area contributed by atoms with Crippen LogP contribution in [0.15, 0.2) is 42.5 Å². The second-order valence-electron chi connectivity index (χ2n) is 5.59. The SMILES string of the molecule is Cc1cccc(C)c1C(O)c1ccc(OC2CC2)cc1. The van der Waals surface area contributed by atoms with Crippen LogP contribution >= 0.6 is 0 Å². The molecule has 1 aliphatic rings. The molecule has 0 radical (unpaired) electrons. The minimum atomic E-state index is -0.578. The third-order valence-electron chi connectivity index (χ3n) is 3.84. The van der Waals surface area contributed by atoms with E-state index < -0.39 is 6.10 Å². The summed E-state index contributed by atoms with van der Waals surface area (Å²) >= 11 is 0. The first kappa shape index (κ1) is 13.2. The maximum atomic E-state index is 10.6. The summed E-state index contributed by atoms with van der Waals surface area (Å²) in [6.07, 6.45) is 2.15. The molecule has 0 spiro atoms. The van der Waals surface area contributed by atoms with Gasteiger partial charge in [-0.15, -0.1) is 0 Å². The highest BCUT2D eigenvalue weighted by molar-refractivity contribution is 5.41. The van der Waals surface area contributed by atoms with Crippen LogP contribution in [0.5, 0.6) is 5.75 Å². The fraction of sp³-hybridized carbons (Fsp3) is 0.333. The molecule has 1 N–H and O–H groups in total. The number of aryl methyl sites for hydroxylation is 2. The minimum absolute atomic E-state index is 0.407. The van der Waals surface area contributed by atoms with Crippen molar-refractivity contribution in [3.8, 4) is 5.75 Å². The molecule has 1 unspecified atom stereocenters. The van der Waals surface area contributed by atoms with Gasteiger partial charge in [0.15, 0.2) is 0 Å². The average Bonchev–Trinajstić information content (AvgIpc) is 3.23. The van der Waals surface area contributed by atoms with Crippen molar-refractivity contribution in [2.24, 2.45) is 0 Å². The van der Waals surface area contributed by atoms with Gasteiger partial charge in [-0.25, -0.2) is 0 Å². The van der Waals surface area contributed by atoms with Crippen molar-refractivity contribution < 1.29 is 9.84 Å². The average molecular weight is 268 g/mol. The minimum Gasteiger partial charge on any atom is -0.490 e. The smallest absolute Gasteiger partial charge is 0.119 e. The summed E-state index contributed by atoms with van der Waals surface area (Å²) in [5, 5.41) is 10.6. The molecule has 0 saturated heterocycles. The Kier molecular flexibility index (Phi) is 3.49. The molecule has 0 heterocycles. The van der Waals surface area contributed by atoms with Crippen LogP contribution in [0.3, 0.4) is 0 Å². The first-order valence-corrected chi connectivity index (χ1v) is 7.16. The lowest BCUT2D eigenvalue weighted by molar-refractivity contribution is 0.218. The van der Waals surface area contributed by atoms with Crippen molar-refractivity contribution in [1.82, 2.24) is 0 Å². The Bertz CT molecular complexity index is 577. The molecule has 1 fully saturated rings. The van der Waals surface area contributed by atoms with E-state index in [1.165, 1.54) is 0 Å². The van der Waals surface area contributed by atoms with Crippen LogP contribution in [0.1, 0.15) is 41.2 Å². The van der Waals surface area contributed by atoms with Crippen molar-refractivity contribution in [2.75, 3.05) is 0 Å². The summed E-state index contributed by atoms with van der Waals surface area (Å²) in [5.74, 6) is 0.893. The Hall–Kier alpha value is -1.80. The molecule has 0 amide bonds. The van der Waals surface area contributed by atoms with Crippen molar-refractivity contribution >= 4 is 0 Å². The highest BCUT2D eigenvalue weighted by atomic mass is 16.5. The second kappa shape index (κ2) is 5.29. The Morgan fingerprint density at radius 3 is 2.15 bits per heavy atom. The van der Waals surface area contributed by atoms with Gasteiger partial charge in [-0.05, 0) is 61.1 Å². The van der Waals surface area contributed by atoms with Gasteiger partial charge >= 0.3 is 0 Å². The van der Waals surface area contributed by atoms with E-state index in [9.17, 15) is 5.11 Å². The molecule has 3 rings (SSSR count). The van der Waals surface area contributed by atoms with E-state index in [1.807, 2.05) is 56.3 Å². The highest BCUT2D eigenvalue weighted by Gasteiger charge is 2.23. The topological polar surface area (TPSA) is 29.5 Å². The summed E-state index contributed by atoms with van der Waals surface area (Å²) in [6, 6.07) is 13.9. The van der Waals surface area contributed by atoms with Crippen LogP contribution in [0.4, 0.5) is 0 Å². The van der Waals surface area contributed by atoms with E-state index >= 15 is 0 Å². The van der Waals surface area contributed by atoms with E-state index in [2.05, 4.69) is 0 Å². The van der Waals surface area contributed by atoms with Gasteiger partial charge < -0.3 is 9.84 Å². The highest BCUT2D eigenvalue weighted by Crippen LogP contribution is 2.30. The molecule has 20 heavy (non-hydrogen) atoms. The molecule has 2 nitrogen and oxygen atoms in total. The Balaban J connectivity index is 1.84. The van der Waals surface area contributed by atoms with Crippen LogP contribution < -0.4 is 4.74 Å². The van der Waals surface area contributed by atoms with E-state index in [0.29, 0.717) is 6.10 Å². The molecule has 0 bridgehead atoms. The molecule has 2 heteroatoms. The summed E-state index contributed by atoms with van der Waals surface area (Å²) in [4.78, 5) is 0. The number of hydrogen-bond donors (Lipinski definition) is 1. The van der Waals surface area contributed by atoms with Crippen LogP contribution in [0.2, 0.25) is 0 Å². The largest absolute Gasteiger partial charge is 0.490 e. The molecule has 0 aliphatic heterocycles. The molecule has 1 saturated carbocycles. The standard InChI is InChI=1S/C18H20O2/c1-12-4-3-5-13(2)17(12)18(19)14-6-8-15(9-7-14)20-16-10-11-16/h3-9,16,18-19H,10-11H2,1-2H3. The lowest BCUT2D eigenvalue weighted by Gasteiger charge is -2.17. The predicted octanol–water partition coefficient (Wildman–Crippen LogP) is 3.93. The fourth-order valence-corrected chi connectivity index (χ4v) is 2.53. The summed E-state index contributed by atoms with van der Waals surface area (Å²) in [6.45, 7) is 4.08. The zero-order valence-corrected chi connectivity index (χ0v) is 12.0. The summed E-state index contributed by atoms with van der Waals surface area (Å²) < 4.78 is 5.73. The van der Waals surface area contributed by atoms with Gasteiger partial charge in [-0.2, -0.15) is 0 Å². The van der Waals surface area contributed by atoms with Gasteiger partial charge in [-0.1, -0.05) is 30.3 Å². The van der Waals surface area contributed by atoms with Crippen LogP contribution in [-0.4, -0.2) is 11.2 Å². The van der Waals surface area contributed by atoms with E-state index in [4.69, 9.17) is 4.74 Å².